The van der Waals surface area contributed by atoms with Gasteiger partial charge in [0.25, 0.3) is 0 Å². The number of para-hydroxylation sites is 1. The van der Waals surface area contributed by atoms with E-state index < -0.39 is 0 Å². The van der Waals surface area contributed by atoms with Crippen LogP contribution in [0.3, 0.4) is 0 Å². The molecule has 4 aromatic carbocycles. The van der Waals surface area contributed by atoms with Gasteiger partial charge < -0.3 is 4.42 Å². The second kappa shape index (κ2) is 9.45. The number of rotatable bonds is 3. The van der Waals surface area contributed by atoms with E-state index in [1.165, 1.54) is 58.8 Å². The maximum absolute atomic E-state index is 6.80. The van der Waals surface area contributed by atoms with Gasteiger partial charge in [0.15, 0.2) is 0 Å². The van der Waals surface area contributed by atoms with Gasteiger partial charge in [0.2, 0.25) is 0 Å². The summed E-state index contributed by atoms with van der Waals surface area (Å²) in [6, 6.07) is 24.7. The molecule has 2 heterocycles. The van der Waals surface area contributed by atoms with Crippen LogP contribution < -0.4 is 0 Å². The highest BCUT2D eigenvalue weighted by molar-refractivity contribution is 7.26. The molecular formula is C40H46OS. The summed E-state index contributed by atoms with van der Waals surface area (Å²) in [7, 11) is 0. The van der Waals surface area contributed by atoms with Crippen LogP contribution in [-0.4, -0.2) is 0 Å². The molecule has 0 N–H and O–H groups in total. The van der Waals surface area contributed by atoms with Gasteiger partial charge >= 0.3 is 0 Å². The smallest absolute Gasteiger partial charge is 0.138 e. The third kappa shape index (κ3) is 4.67. The van der Waals surface area contributed by atoms with E-state index in [1.54, 1.807) is 0 Å². The monoisotopic (exact) mass is 574 g/mol. The average molecular weight is 575 g/mol. The molecule has 0 amide bonds. The van der Waals surface area contributed by atoms with Crippen molar-refractivity contribution >= 4 is 53.4 Å². The third-order valence-corrected chi connectivity index (χ3v) is 10.2. The Hall–Kier alpha value is -3.10. The van der Waals surface area contributed by atoms with E-state index in [2.05, 4.69) is 143 Å². The van der Waals surface area contributed by atoms with Crippen LogP contribution in [0.15, 0.2) is 71.1 Å². The summed E-state index contributed by atoms with van der Waals surface area (Å²) in [6.07, 6.45) is 0.896. The zero-order valence-electron chi connectivity index (χ0n) is 27.4. The van der Waals surface area contributed by atoms with Crippen LogP contribution in [0.25, 0.3) is 42.1 Å². The molecule has 2 heteroatoms. The Morgan fingerprint density at radius 1 is 0.595 bits per heavy atom. The summed E-state index contributed by atoms with van der Waals surface area (Å²) in [5.41, 5.74) is 8.97. The lowest BCUT2D eigenvalue weighted by atomic mass is 9.69. The van der Waals surface area contributed by atoms with Gasteiger partial charge in [-0.3, -0.25) is 0 Å². The van der Waals surface area contributed by atoms with Crippen molar-refractivity contribution in [2.24, 2.45) is 0 Å². The first-order valence-electron chi connectivity index (χ1n) is 15.4. The van der Waals surface area contributed by atoms with Gasteiger partial charge in [0, 0.05) is 30.9 Å². The predicted octanol–water partition coefficient (Wildman–Crippen LogP) is 12.4. The second-order valence-corrected chi connectivity index (χ2v) is 17.1. The van der Waals surface area contributed by atoms with Gasteiger partial charge in [-0.05, 0) is 68.0 Å². The van der Waals surface area contributed by atoms with Crippen LogP contribution in [0, 0.1) is 0 Å². The summed E-state index contributed by atoms with van der Waals surface area (Å²) < 4.78 is 9.59. The SMILES string of the molecule is CC(C)(C)c1ccc2c(sc3ccccc32)c1C(C)(C)Cc1cc(C(C)(C)C)c(C(C)(C)C)c2c1oc1ccccc12. The minimum Gasteiger partial charge on any atom is -0.456 e. The summed E-state index contributed by atoms with van der Waals surface area (Å²) in [6.45, 7) is 26.1. The van der Waals surface area contributed by atoms with Crippen molar-refractivity contribution in [3.63, 3.8) is 0 Å². The highest BCUT2D eigenvalue weighted by atomic mass is 32.1. The molecule has 6 rings (SSSR count). The number of hydrogen-bond donors (Lipinski definition) is 0. The Balaban J connectivity index is 1.68. The standard InChI is InChI=1S/C40H46OS/c1-37(2,3)28-21-20-26-25-16-13-15-19-31(25)42-36(26)34(28)40(10,11)23-24-22-29(38(4,5)6)33(39(7,8)9)32-27-17-12-14-18-30(27)41-35(24)32/h12-22H,23H2,1-11H3. The van der Waals surface area contributed by atoms with Crippen LogP contribution in [0.2, 0.25) is 0 Å². The maximum atomic E-state index is 6.80. The summed E-state index contributed by atoms with van der Waals surface area (Å²) in [4.78, 5) is 0. The number of benzene rings is 4. The first kappa shape index (κ1) is 29.0. The van der Waals surface area contributed by atoms with E-state index in [-0.39, 0.29) is 21.7 Å². The summed E-state index contributed by atoms with van der Waals surface area (Å²) >= 11 is 1.95. The Morgan fingerprint density at radius 2 is 1.21 bits per heavy atom. The van der Waals surface area contributed by atoms with Crippen molar-refractivity contribution in [1.82, 2.24) is 0 Å². The van der Waals surface area contributed by atoms with Gasteiger partial charge in [0.1, 0.15) is 11.2 Å². The zero-order chi connectivity index (χ0) is 30.4. The molecule has 0 saturated carbocycles. The van der Waals surface area contributed by atoms with Crippen LogP contribution in [0.1, 0.15) is 104 Å². The number of thiophene rings is 1. The fourth-order valence-electron chi connectivity index (χ4n) is 7.12. The molecule has 42 heavy (non-hydrogen) atoms. The quantitative estimate of drug-likeness (QED) is 0.205. The molecule has 0 aliphatic rings. The molecule has 0 atom stereocenters. The minimum absolute atomic E-state index is 0.00384. The van der Waals surface area contributed by atoms with Crippen molar-refractivity contribution in [1.29, 1.82) is 0 Å². The third-order valence-electron chi connectivity index (χ3n) is 8.95. The molecule has 0 radical (unpaired) electrons. The molecular weight excluding hydrogens is 529 g/mol. The van der Waals surface area contributed by atoms with Gasteiger partial charge in [-0.2, -0.15) is 0 Å². The molecule has 218 valence electrons. The van der Waals surface area contributed by atoms with Crippen LogP contribution in [0.4, 0.5) is 0 Å². The molecule has 0 fully saturated rings. The highest BCUT2D eigenvalue weighted by Gasteiger charge is 2.35. The normalized spacial score (nSPS) is 13.7. The van der Waals surface area contributed by atoms with E-state index >= 15 is 0 Å². The van der Waals surface area contributed by atoms with Crippen molar-refractivity contribution in [2.75, 3.05) is 0 Å². The molecule has 0 unspecified atom stereocenters. The van der Waals surface area contributed by atoms with Crippen molar-refractivity contribution < 1.29 is 4.42 Å². The zero-order valence-corrected chi connectivity index (χ0v) is 28.2. The van der Waals surface area contributed by atoms with Crippen molar-refractivity contribution in [2.45, 2.75) is 104 Å². The number of hydrogen-bond acceptors (Lipinski definition) is 2. The molecule has 1 nitrogen and oxygen atoms in total. The van der Waals surface area contributed by atoms with E-state index in [4.69, 9.17) is 4.42 Å². The fraction of sp³-hybridized carbons (Fsp3) is 0.400. The fourth-order valence-corrected chi connectivity index (χ4v) is 8.55. The Bertz CT molecular complexity index is 1970. The Morgan fingerprint density at radius 3 is 1.86 bits per heavy atom. The number of fused-ring (bicyclic) bond motifs is 6. The predicted molar refractivity (Wildman–Crippen MR) is 186 cm³/mol. The molecule has 0 saturated heterocycles. The van der Waals surface area contributed by atoms with Crippen LogP contribution in [0.5, 0.6) is 0 Å². The van der Waals surface area contributed by atoms with Gasteiger partial charge in [-0.25, -0.2) is 0 Å². The second-order valence-electron chi connectivity index (χ2n) is 16.0. The average Bonchev–Trinajstić information content (AvgIpc) is 3.45. The summed E-state index contributed by atoms with van der Waals surface area (Å²) in [5.74, 6) is 0. The summed E-state index contributed by atoms with van der Waals surface area (Å²) in [5, 5.41) is 5.26. The van der Waals surface area contributed by atoms with E-state index in [0.29, 0.717) is 0 Å². The Kier molecular flexibility index (Phi) is 6.52. The van der Waals surface area contributed by atoms with E-state index in [1.807, 2.05) is 11.3 Å². The maximum Gasteiger partial charge on any atom is 0.138 e. The highest BCUT2D eigenvalue weighted by Crippen LogP contribution is 2.49. The topological polar surface area (TPSA) is 13.1 Å². The largest absolute Gasteiger partial charge is 0.456 e. The lowest BCUT2D eigenvalue weighted by Gasteiger charge is -2.35. The van der Waals surface area contributed by atoms with Gasteiger partial charge in [-0.1, -0.05) is 131 Å². The van der Waals surface area contributed by atoms with E-state index in [9.17, 15) is 0 Å². The van der Waals surface area contributed by atoms with Crippen LogP contribution >= 0.6 is 11.3 Å². The number of furan rings is 1. The molecule has 0 aliphatic heterocycles. The molecule has 0 bridgehead atoms. The molecule has 2 aromatic heterocycles. The van der Waals surface area contributed by atoms with Crippen molar-refractivity contribution in [3.8, 4) is 0 Å². The first-order valence-corrected chi connectivity index (χ1v) is 16.2. The Labute approximate surface area is 255 Å². The lowest BCUT2D eigenvalue weighted by Crippen LogP contribution is -2.28. The lowest BCUT2D eigenvalue weighted by molar-refractivity contribution is 0.491. The molecule has 6 aromatic rings. The minimum atomic E-state index is -0.132. The van der Waals surface area contributed by atoms with Gasteiger partial charge in [-0.15, -0.1) is 11.3 Å². The van der Waals surface area contributed by atoms with Crippen molar-refractivity contribution in [3.05, 3.63) is 94.5 Å². The first-order chi connectivity index (χ1) is 19.5. The molecule has 0 spiro atoms. The van der Waals surface area contributed by atoms with Gasteiger partial charge in [0.05, 0.1) is 0 Å². The van der Waals surface area contributed by atoms with E-state index in [0.717, 1.165) is 17.6 Å². The molecule has 0 aliphatic carbocycles. The van der Waals surface area contributed by atoms with Crippen LogP contribution in [-0.2, 0) is 28.1 Å².